The summed E-state index contributed by atoms with van der Waals surface area (Å²) >= 11 is 0. The number of rotatable bonds is 13. The van der Waals surface area contributed by atoms with Crippen LogP contribution in [0.3, 0.4) is 0 Å². The zero-order valence-electron chi connectivity index (χ0n) is 45.5. The molecule has 1 N–H and O–H groups in total. The molecule has 0 saturated heterocycles. The first-order valence-electron chi connectivity index (χ1n) is 28.3. The molecule has 0 heterocycles. The molecular formula is C80H58N2. The van der Waals surface area contributed by atoms with Crippen LogP contribution >= 0.6 is 0 Å². The number of allylic oxidation sites excluding steroid dienone is 13. The molecule has 2 aliphatic rings. The molecule has 2 nitrogen and oxygen atoms in total. The molecule has 0 amide bonds. The highest BCUT2D eigenvalue weighted by atomic mass is 15.1. The fraction of sp³-hybridized carbons (Fsp3) is 0.0250. The minimum atomic E-state index is 0.0361. The number of nitrogens with zero attached hydrogens (tertiary/aromatic N) is 1. The molecule has 2 unspecified atom stereocenters. The Morgan fingerprint density at radius 1 is 0.476 bits per heavy atom. The lowest BCUT2D eigenvalue weighted by molar-refractivity contribution is 0.675. The average molecular weight is 1050 g/mol. The highest BCUT2D eigenvalue weighted by Crippen LogP contribution is 2.51. The van der Waals surface area contributed by atoms with E-state index in [1.54, 1.807) is 0 Å². The van der Waals surface area contributed by atoms with E-state index >= 15 is 0 Å². The second-order valence-electron chi connectivity index (χ2n) is 21.2. The van der Waals surface area contributed by atoms with Crippen molar-refractivity contribution < 1.29 is 0 Å². The van der Waals surface area contributed by atoms with Gasteiger partial charge in [0.25, 0.3) is 0 Å². The molecule has 2 heteroatoms. The Labute approximate surface area is 479 Å². The summed E-state index contributed by atoms with van der Waals surface area (Å²) in [5, 5.41) is 16.8. The summed E-state index contributed by atoms with van der Waals surface area (Å²) in [6.45, 7) is 8.07. The molecule has 2 atom stereocenters. The third kappa shape index (κ3) is 8.97. The number of benzene rings is 12. The van der Waals surface area contributed by atoms with Gasteiger partial charge in [-0.25, -0.2) is 0 Å². The highest BCUT2D eigenvalue weighted by molar-refractivity contribution is 6.23. The Morgan fingerprint density at radius 2 is 1.16 bits per heavy atom. The maximum absolute atomic E-state index is 4.10. The minimum Gasteiger partial charge on any atom is -0.362 e. The lowest BCUT2D eigenvalue weighted by Gasteiger charge is -2.33. The van der Waals surface area contributed by atoms with Gasteiger partial charge in [0.15, 0.2) is 0 Å². The Hall–Kier alpha value is -10.5. The van der Waals surface area contributed by atoms with Crippen LogP contribution < -0.4 is 15.4 Å². The smallest absolute Gasteiger partial charge is 0.0543 e. The predicted octanol–water partition coefficient (Wildman–Crippen LogP) is 20.9. The number of hydrogen-bond acceptors (Lipinski definition) is 2. The molecule has 0 aliphatic heterocycles. The second-order valence-corrected chi connectivity index (χ2v) is 21.2. The van der Waals surface area contributed by atoms with Crippen molar-refractivity contribution in [2.24, 2.45) is 5.92 Å². The molecule has 12 aromatic carbocycles. The van der Waals surface area contributed by atoms with Gasteiger partial charge in [0.05, 0.1) is 11.4 Å². The van der Waals surface area contributed by atoms with E-state index in [0.717, 1.165) is 61.2 Å². The fourth-order valence-corrected chi connectivity index (χ4v) is 12.9. The molecular weight excluding hydrogens is 989 g/mol. The predicted molar refractivity (Wildman–Crippen MR) is 353 cm³/mol. The van der Waals surface area contributed by atoms with Crippen molar-refractivity contribution in [3.8, 4) is 22.3 Å². The highest BCUT2D eigenvalue weighted by Gasteiger charge is 2.30. The van der Waals surface area contributed by atoms with Crippen molar-refractivity contribution in [1.29, 1.82) is 0 Å². The number of nitrogens with one attached hydrogen (secondary N) is 1. The van der Waals surface area contributed by atoms with Gasteiger partial charge in [0.2, 0.25) is 0 Å². The molecule has 0 radical (unpaired) electrons. The summed E-state index contributed by atoms with van der Waals surface area (Å²) in [7, 11) is 0. The first-order valence-corrected chi connectivity index (χ1v) is 28.3. The van der Waals surface area contributed by atoms with Gasteiger partial charge in [0, 0.05) is 40.2 Å². The van der Waals surface area contributed by atoms with Gasteiger partial charge >= 0.3 is 0 Å². The zero-order chi connectivity index (χ0) is 54.9. The van der Waals surface area contributed by atoms with Gasteiger partial charge in [-0.3, -0.25) is 0 Å². The molecule has 82 heavy (non-hydrogen) atoms. The van der Waals surface area contributed by atoms with Gasteiger partial charge in [0.1, 0.15) is 0 Å². The summed E-state index contributed by atoms with van der Waals surface area (Å²) in [6.07, 6.45) is 26.2. The molecule has 2 aliphatic carbocycles. The monoisotopic (exact) mass is 1050 g/mol. The van der Waals surface area contributed by atoms with E-state index in [1.807, 2.05) is 18.2 Å². The first-order chi connectivity index (χ1) is 40.6. The van der Waals surface area contributed by atoms with E-state index in [9.17, 15) is 0 Å². The van der Waals surface area contributed by atoms with E-state index in [0.29, 0.717) is 0 Å². The number of fused-ring (bicyclic) bond motifs is 4. The first kappa shape index (κ1) is 49.7. The Morgan fingerprint density at radius 3 is 1.99 bits per heavy atom. The molecule has 0 spiro atoms. The van der Waals surface area contributed by atoms with Crippen molar-refractivity contribution in [3.63, 3.8) is 0 Å². The van der Waals surface area contributed by atoms with E-state index in [1.165, 1.54) is 76.3 Å². The quantitative estimate of drug-likeness (QED) is 0.116. The molecule has 12 aromatic rings. The molecule has 0 saturated carbocycles. The van der Waals surface area contributed by atoms with Crippen LogP contribution in [-0.2, 0) is 0 Å². The number of anilines is 4. The summed E-state index contributed by atoms with van der Waals surface area (Å²) < 4.78 is 0. The lowest BCUT2D eigenvalue weighted by atomic mass is 9.74. The van der Waals surface area contributed by atoms with Crippen molar-refractivity contribution in [3.05, 3.63) is 350 Å². The average Bonchev–Trinajstić information content (AvgIpc) is 2.31. The van der Waals surface area contributed by atoms with Crippen molar-refractivity contribution >= 4 is 87.8 Å². The van der Waals surface area contributed by atoms with Gasteiger partial charge in [-0.15, -0.1) is 0 Å². The molecule has 14 rings (SSSR count). The van der Waals surface area contributed by atoms with Crippen LogP contribution in [0, 0.1) is 5.92 Å². The third-order valence-corrected chi connectivity index (χ3v) is 16.6. The second kappa shape index (κ2) is 21.6. The molecule has 0 fully saturated rings. The van der Waals surface area contributed by atoms with Gasteiger partial charge in [-0.1, -0.05) is 274 Å². The maximum Gasteiger partial charge on any atom is 0.0543 e. The summed E-state index contributed by atoms with van der Waals surface area (Å²) in [5.41, 5.74) is 15.9. The standard InChI is InChI=1S/C80H58N2/c1-3-22-54(4-2)60-33-16-35-62(51-60)81-50-49-71(68-41-18-29-56-25-8-12-37-64(56)68)73-47-48-75-78(82(77-44-21-32-59-28-11-15-40-67(59)77)63-36-17-34-61(52-63)55-23-6-5-7-24-55)53-76(70-43-20-31-58-27-10-14-39-66(58)70)74-46-45-72(79(73)80(74)75)69-42-19-30-57-26-9-13-38-65(57)69/h3-53,66,70,81H,1-2H2/b50-49+,54-22+,73-71+. The van der Waals surface area contributed by atoms with Crippen LogP contribution in [0.15, 0.2) is 328 Å². The van der Waals surface area contributed by atoms with Gasteiger partial charge in [-0.2, -0.15) is 0 Å². The van der Waals surface area contributed by atoms with Crippen molar-refractivity contribution in [1.82, 2.24) is 0 Å². The Balaban J connectivity index is 1.14. The molecule has 0 bridgehead atoms. The fourth-order valence-electron chi connectivity index (χ4n) is 12.9. The minimum absolute atomic E-state index is 0.0361. The molecule has 0 aromatic heterocycles. The van der Waals surface area contributed by atoms with Crippen molar-refractivity contribution in [2.45, 2.75) is 5.92 Å². The van der Waals surface area contributed by atoms with Crippen LogP contribution in [0.5, 0.6) is 0 Å². The maximum atomic E-state index is 4.10. The van der Waals surface area contributed by atoms with E-state index in [-0.39, 0.29) is 11.8 Å². The molecule has 388 valence electrons. The normalized spacial score (nSPS) is 15.3. The zero-order valence-corrected chi connectivity index (χ0v) is 45.5. The van der Waals surface area contributed by atoms with Gasteiger partial charge in [-0.05, 0) is 146 Å². The van der Waals surface area contributed by atoms with Crippen LogP contribution in [0.2, 0.25) is 0 Å². The van der Waals surface area contributed by atoms with Crippen LogP contribution in [-0.4, -0.2) is 0 Å². The summed E-state index contributed by atoms with van der Waals surface area (Å²) in [4.78, 5) is 2.55. The van der Waals surface area contributed by atoms with Crippen LogP contribution in [0.25, 0.3) is 87.3 Å². The Bertz CT molecular complexity index is 4760. The van der Waals surface area contributed by atoms with E-state index < -0.39 is 0 Å². The van der Waals surface area contributed by atoms with Gasteiger partial charge < -0.3 is 10.2 Å². The van der Waals surface area contributed by atoms with Crippen molar-refractivity contribution in [2.75, 3.05) is 10.2 Å². The summed E-state index contributed by atoms with van der Waals surface area (Å²) in [6, 6.07) is 87.2. The topological polar surface area (TPSA) is 15.3 Å². The number of hydrogen-bond donors (Lipinski definition) is 1. The largest absolute Gasteiger partial charge is 0.362 e. The third-order valence-electron chi connectivity index (χ3n) is 16.6. The summed E-state index contributed by atoms with van der Waals surface area (Å²) in [5.74, 6) is 0.182. The Kier molecular flexibility index (Phi) is 13.1. The SMILES string of the molecule is C=C/C=C(\C=C)c1cccc(N/C=C/C(c2cccc3ccccc23)=c2/ccc3c(N(c4cccc(-c5ccccc5)c4)c4cccc5ccccc45)cc(C4C=CC=C5C=CC=CC54)c4ccc(-c5cccc6ccccc56)c2c43)c1. The van der Waals surface area contributed by atoms with Crippen LogP contribution in [0.4, 0.5) is 22.7 Å². The van der Waals surface area contributed by atoms with Crippen LogP contribution in [0.1, 0.15) is 22.6 Å². The lowest BCUT2D eigenvalue weighted by Crippen LogP contribution is -2.18. The van der Waals surface area contributed by atoms with E-state index in [4.69, 9.17) is 0 Å². The van der Waals surface area contributed by atoms with E-state index in [2.05, 4.69) is 315 Å².